The Morgan fingerprint density at radius 3 is 2.55 bits per heavy atom. The lowest BCUT2D eigenvalue weighted by Crippen LogP contribution is -2.31. The lowest BCUT2D eigenvalue weighted by molar-refractivity contribution is -0.122. The number of hydrogen-bond acceptors (Lipinski definition) is 2. The summed E-state index contributed by atoms with van der Waals surface area (Å²) in [5.74, 6) is -0.110. The molecule has 0 aliphatic carbocycles. The standard InChI is InChI=1S/C17H20N2O/c1-2-11-19-17(20)16(14-8-4-3-5-9-14)13-15-10-6-7-12-18-15/h3-10,12,16H,2,11,13H2,1H3,(H,19,20). The van der Waals surface area contributed by atoms with Crippen LogP contribution in [0.4, 0.5) is 0 Å². The molecule has 20 heavy (non-hydrogen) atoms. The van der Waals surface area contributed by atoms with Gasteiger partial charge in [-0.3, -0.25) is 9.78 Å². The summed E-state index contributed by atoms with van der Waals surface area (Å²) in [6.45, 7) is 2.76. The van der Waals surface area contributed by atoms with Gasteiger partial charge in [-0.2, -0.15) is 0 Å². The average molecular weight is 268 g/mol. The van der Waals surface area contributed by atoms with Gasteiger partial charge < -0.3 is 5.32 Å². The molecule has 0 aliphatic heterocycles. The van der Waals surface area contributed by atoms with Gasteiger partial charge in [0.1, 0.15) is 0 Å². The average Bonchev–Trinajstić information content (AvgIpc) is 2.52. The van der Waals surface area contributed by atoms with Gasteiger partial charge in [0, 0.05) is 24.9 Å². The Bertz CT molecular complexity index is 525. The Kier molecular flexibility index (Phi) is 5.30. The Hall–Kier alpha value is -2.16. The van der Waals surface area contributed by atoms with Crippen LogP contribution in [0.3, 0.4) is 0 Å². The van der Waals surface area contributed by atoms with Gasteiger partial charge in [0.25, 0.3) is 0 Å². The van der Waals surface area contributed by atoms with Gasteiger partial charge in [0.15, 0.2) is 0 Å². The molecule has 1 unspecified atom stereocenters. The Balaban J connectivity index is 2.18. The highest BCUT2D eigenvalue weighted by Gasteiger charge is 2.20. The predicted molar refractivity (Wildman–Crippen MR) is 80.4 cm³/mol. The van der Waals surface area contributed by atoms with E-state index in [0.717, 1.165) is 17.7 Å². The van der Waals surface area contributed by atoms with Gasteiger partial charge >= 0.3 is 0 Å². The zero-order chi connectivity index (χ0) is 14.2. The predicted octanol–water partition coefficient (Wildman–Crippen LogP) is 2.93. The van der Waals surface area contributed by atoms with E-state index in [1.165, 1.54) is 0 Å². The second-order valence-corrected chi connectivity index (χ2v) is 4.78. The van der Waals surface area contributed by atoms with Gasteiger partial charge in [-0.05, 0) is 24.1 Å². The number of hydrogen-bond donors (Lipinski definition) is 1. The summed E-state index contributed by atoms with van der Waals surface area (Å²) in [7, 11) is 0. The van der Waals surface area contributed by atoms with E-state index in [-0.39, 0.29) is 11.8 Å². The van der Waals surface area contributed by atoms with Crippen LogP contribution in [-0.2, 0) is 11.2 Å². The molecule has 0 fully saturated rings. The summed E-state index contributed by atoms with van der Waals surface area (Å²) in [5.41, 5.74) is 1.97. The summed E-state index contributed by atoms with van der Waals surface area (Å²) in [6, 6.07) is 15.7. The van der Waals surface area contributed by atoms with Crippen molar-refractivity contribution in [3.8, 4) is 0 Å². The van der Waals surface area contributed by atoms with Crippen molar-refractivity contribution < 1.29 is 4.79 Å². The first kappa shape index (κ1) is 14.3. The molecule has 1 heterocycles. The van der Waals surface area contributed by atoms with E-state index in [1.54, 1.807) is 6.20 Å². The normalized spacial score (nSPS) is 11.8. The molecule has 104 valence electrons. The SMILES string of the molecule is CCCNC(=O)C(Cc1ccccn1)c1ccccc1. The topological polar surface area (TPSA) is 42.0 Å². The zero-order valence-electron chi connectivity index (χ0n) is 11.8. The molecule has 0 saturated heterocycles. The Labute approximate surface area is 120 Å². The van der Waals surface area contributed by atoms with Gasteiger partial charge in [-0.15, -0.1) is 0 Å². The van der Waals surface area contributed by atoms with E-state index < -0.39 is 0 Å². The van der Waals surface area contributed by atoms with E-state index in [1.807, 2.05) is 48.5 Å². The first-order valence-corrected chi connectivity index (χ1v) is 7.04. The third-order valence-corrected chi connectivity index (χ3v) is 3.21. The van der Waals surface area contributed by atoms with Gasteiger partial charge in [0.2, 0.25) is 5.91 Å². The van der Waals surface area contributed by atoms with Crippen molar-refractivity contribution in [3.63, 3.8) is 0 Å². The fourth-order valence-electron chi connectivity index (χ4n) is 2.15. The minimum Gasteiger partial charge on any atom is -0.356 e. The van der Waals surface area contributed by atoms with Crippen LogP contribution in [-0.4, -0.2) is 17.4 Å². The first-order valence-electron chi connectivity index (χ1n) is 7.04. The molecule has 0 bridgehead atoms. The van der Waals surface area contributed by atoms with Crippen LogP contribution >= 0.6 is 0 Å². The smallest absolute Gasteiger partial charge is 0.227 e. The third-order valence-electron chi connectivity index (χ3n) is 3.21. The van der Waals surface area contributed by atoms with E-state index in [2.05, 4.69) is 17.2 Å². The molecular weight excluding hydrogens is 248 g/mol. The van der Waals surface area contributed by atoms with Crippen LogP contribution in [0, 0.1) is 0 Å². The van der Waals surface area contributed by atoms with Crippen molar-refractivity contribution in [2.45, 2.75) is 25.7 Å². The highest BCUT2D eigenvalue weighted by molar-refractivity contribution is 5.83. The highest BCUT2D eigenvalue weighted by atomic mass is 16.1. The van der Waals surface area contributed by atoms with E-state index in [4.69, 9.17) is 0 Å². The van der Waals surface area contributed by atoms with Gasteiger partial charge in [0.05, 0.1) is 5.92 Å². The molecule has 1 amide bonds. The number of amides is 1. The van der Waals surface area contributed by atoms with E-state index in [0.29, 0.717) is 13.0 Å². The van der Waals surface area contributed by atoms with Crippen molar-refractivity contribution in [2.24, 2.45) is 0 Å². The van der Waals surface area contributed by atoms with Crippen LogP contribution in [0.2, 0.25) is 0 Å². The largest absolute Gasteiger partial charge is 0.356 e. The molecule has 2 rings (SSSR count). The van der Waals surface area contributed by atoms with Gasteiger partial charge in [-0.25, -0.2) is 0 Å². The highest BCUT2D eigenvalue weighted by Crippen LogP contribution is 2.20. The lowest BCUT2D eigenvalue weighted by Gasteiger charge is -2.16. The maximum absolute atomic E-state index is 12.4. The quantitative estimate of drug-likeness (QED) is 0.875. The lowest BCUT2D eigenvalue weighted by atomic mass is 9.93. The minimum absolute atomic E-state index is 0.0729. The Morgan fingerprint density at radius 1 is 1.15 bits per heavy atom. The molecule has 3 heteroatoms. The summed E-state index contributed by atoms with van der Waals surface area (Å²) < 4.78 is 0. The van der Waals surface area contributed by atoms with Crippen molar-refractivity contribution in [2.75, 3.05) is 6.54 Å². The number of nitrogens with zero attached hydrogens (tertiary/aromatic N) is 1. The molecular formula is C17H20N2O. The second kappa shape index (κ2) is 7.43. The van der Waals surface area contributed by atoms with Crippen molar-refractivity contribution in [1.82, 2.24) is 10.3 Å². The molecule has 1 aromatic heterocycles. The third kappa shape index (κ3) is 3.92. The molecule has 0 spiro atoms. The fourth-order valence-corrected chi connectivity index (χ4v) is 2.15. The fraction of sp³-hybridized carbons (Fsp3) is 0.294. The maximum atomic E-state index is 12.4. The summed E-state index contributed by atoms with van der Waals surface area (Å²) in [5, 5.41) is 2.98. The number of pyridine rings is 1. The Morgan fingerprint density at radius 2 is 1.90 bits per heavy atom. The molecule has 0 saturated carbocycles. The monoisotopic (exact) mass is 268 g/mol. The van der Waals surface area contributed by atoms with Crippen LogP contribution in [0.25, 0.3) is 0 Å². The maximum Gasteiger partial charge on any atom is 0.227 e. The van der Waals surface area contributed by atoms with Crippen LogP contribution < -0.4 is 5.32 Å². The molecule has 2 aromatic rings. The second-order valence-electron chi connectivity index (χ2n) is 4.78. The summed E-state index contributed by atoms with van der Waals surface area (Å²) in [6.07, 6.45) is 3.33. The van der Waals surface area contributed by atoms with Crippen LogP contribution in [0.15, 0.2) is 54.7 Å². The number of aromatic nitrogens is 1. The molecule has 3 nitrogen and oxygen atoms in total. The number of rotatable bonds is 6. The van der Waals surface area contributed by atoms with E-state index in [9.17, 15) is 4.79 Å². The molecule has 1 atom stereocenters. The summed E-state index contributed by atoms with van der Waals surface area (Å²) in [4.78, 5) is 16.7. The van der Waals surface area contributed by atoms with E-state index >= 15 is 0 Å². The summed E-state index contributed by atoms with van der Waals surface area (Å²) >= 11 is 0. The van der Waals surface area contributed by atoms with Crippen LogP contribution in [0.5, 0.6) is 0 Å². The number of carbonyl (C=O) groups excluding carboxylic acids is 1. The number of benzene rings is 1. The molecule has 1 N–H and O–H groups in total. The van der Waals surface area contributed by atoms with Crippen molar-refractivity contribution >= 4 is 5.91 Å². The van der Waals surface area contributed by atoms with Gasteiger partial charge in [-0.1, -0.05) is 43.3 Å². The molecule has 1 aromatic carbocycles. The van der Waals surface area contributed by atoms with Crippen molar-refractivity contribution in [1.29, 1.82) is 0 Å². The zero-order valence-corrected chi connectivity index (χ0v) is 11.8. The van der Waals surface area contributed by atoms with Crippen LogP contribution in [0.1, 0.15) is 30.5 Å². The molecule has 0 radical (unpaired) electrons. The number of carbonyl (C=O) groups is 1. The van der Waals surface area contributed by atoms with Crippen molar-refractivity contribution in [3.05, 3.63) is 66.0 Å². The first-order chi connectivity index (χ1) is 9.81. The molecule has 0 aliphatic rings. The minimum atomic E-state index is -0.183. The number of nitrogens with one attached hydrogen (secondary N) is 1.